The van der Waals surface area contributed by atoms with E-state index in [9.17, 15) is 9.90 Å². The van der Waals surface area contributed by atoms with Gasteiger partial charge in [-0.25, -0.2) is 0 Å². The van der Waals surface area contributed by atoms with Crippen LogP contribution in [-0.4, -0.2) is 33.4 Å². The molecule has 1 amide bonds. The van der Waals surface area contributed by atoms with Gasteiger partial charge >= 0.3 is 0 Å². The molecule has 16 heavy (non-hydrogen) atoms. The fraction of sp³-hybridized carbons (Fsp3) is 0.636. The van der Waals surface area contributed by atoms with E-state index in [2.05, 4.69) is 15.5 Å². The van der Waals surface area contributed by atoms with E-state index in [4.69, 9.17) is 0 Å². The molecule has 1 heterocycles. The maximum Gasteiger partial charge on any atom is 0.255 e. The fourth-order valence-corrected chi connectivity index (χ4v) is 2.11. The lowest BCUT2D eigenvalue weighted by atomic mass is 9.92. The van der Waals surface area contributed by atoms with Crippen LogP contribution in [-0.2, 0) is 0 Å². The highest BCUT2D eigenvalue weighted by Crippen LogP contribution is 2.18. The SMILES string of the molecule is Cc1[nH]ncc1C(=O)N[C@@H]1CCCC[C@H]1O. The molecular weight excluding hydrogens is 206 g/mol. The molecule has 5 heteroatoms. The van der Waals surface area contributed by atoms with Crippen LogP contribution < -0.4 is 5.32 Å². The summed E-state index contributed by atoms with van der Waals surface area (Å²) >= 11 is 0. The van der Waals surface area contributed by atoms with Crippen molar-refractivity contribution in [1.29, 1.82) is 0 Å². The second-order valence-corrected chi connectivity index (χ2v) is 4.34. The van der Waals surface area contributed by atoms with E-state index in [-0.39, 0.29) is 11.9 Å². The maximum atomic E-state index is 11.9. The van der Waals surface area contributed by atoms with Crippen molar-refractivity contribution in [2.75, 3.05) is 0 Å². The number of amides is 1. The minimum Gasteiger partial charge on any atom is -0.391 e. The van der Waals surface area contributed by atoms with Gasteiger partial charge in [-0.2, -0.15) is 5.10 Å². The monoisotopic (exact) mass is 223 g/mol. The number of aryl methyl sites for hydroxylation is 1. The van der Waals surface area contributed by atoms with Gasteiger partial charge in [0.25, 0.3) is 5.91 Å². The normalized spacial score (nSPS) is 25.4. The summed E-state index contributed by atoms with van der Waals surface area (Å²) in [5.41, 5.74) is 1.31. The Bertz CT molecular complexity index is 375. The molecule has 88 valence electrons. The summed E-state index contributed by atoms with van der Waals surface area (Å²) in [6, 6.07) is -0.115. The van der Waals surface area contributed by atoms with Crippen molar-refractivity contribution < 1.29 is 9.90 Å². The Morgan fingerprint density at radius 3 is 2.94 bits per heavy atom. The van der Waals surface area contributed by atoms with Gasteiger partial charge in [-0.15, -0.1) is 0 Å². The van der Waals surface area contributed by atoms with Crippen molar-refractivity contribution in [3.63, 3.8) is 0 Å². The number of hydrogen-bond acceptors (Lipinski definition) is 3. The third kappa shape index (κ3) is 2.24. The summed E-state index contributed by atoms with van der Waals surface area (Å²) in [5.74, 6) is -0.155. The Kier molecular flexibility index (Phi) is 3.24. The number of carbonyl (C=O) groups is 1. The van der Waals surface area contributed by atoms with Crippen LogP contribution in [0.3, 0.4) is 0 Å². The third-order valence-electron chi connectivity index (χ3n) is 3.12. The molecule has 1 aliphatic rings. The summed E-state index contributed by atoms with van der Waals surface area (Å²) < 4.78 is 0. The average Bonchev–Trinajstić information content (AvgIpc) is 2.68. The molecule has 0 radical (unpaired) electrons. The van der Waals surface area contributed by atoms with Crippen LogP contribution in [0.15, 0.2) is 6.20 Å². The first-order valence-electron chi connectivity index (χ1n) is 5.67. The van der Waals surface area contributed by atoms with Gasteiger partial charge in [-0.05, 0) is 19.8 Å². The van der Waals surface area contributed by atoms with Crippen LogP contribution in [0.5, 0.6) is 0 Å². The Labute approximate surface area is 94.2 Å². The first kappa shape index (κ1) is 11.1. The molecule has 0 bridgehead atoms. The van der Waals surface area contributed by atoms with E-state index in [0.29, 0.717) is 5.56 Å². The molecule has 5 nitrogen and oxygen atoms in total. The van der Waals surface area contributed by atoms with Crippen LogP contribution in [0.4, 0.5) is 0 Å². The number of aromatic nitrogens is 2. The van der Waals surface area contributed by atoms with Crippen LogP contribution in [0.25, 0.3) is 0 Å². The number of carbonyl (C=O) groups excluding carboxylic acids is 1. The van der Waals surface area contributed by atoms with Gasteiger partial charge in [0.2, 0.25) is 0 Å². The highest BCUT2D eigenvalue weighted by atomic mass is 16.3. The molecule has 3 N–H and O–H groups in total. The zero-order valence-corrected chi connectivity index (χ0v) is 9.36. The largest absolute Gasteiger partial charge is 0.391 e. The van der Waals surface area contributed by atoms with Gasteiger partial charge in [-0.1, -0.05) is 12.8 Å². The average molecular weight is 223 g/mol. The molecule has 0 spiro atoms. The van der Waals surface area contributed by atoms with Crippen molar-refractivity contribution in [2.24, 2.45) is 0 Å². The Morgan fingerprint density at radius 2 is 2.31 bits per heavy atom. The molecule has 0 aliphatic heterocycles. The minimum atomic E-state index is -0.412. The molecule has 2 atom stereocenters. The van der Waals surface area contributed by atoms with Crippen molar-refractivity contribution in [3.8, 4) is 0 Å². The fourth-order valence-electron chi connectivity index (χ4n) is 2.11. The smallest absolute Gasteiger partial charge is 0.255 e. The Balaban J connectivity index is 1.99. The molecule has 1 fully saturated rings. The number of nitrogens with one attached hydrogen (secondary N) is 2. The number of H-pyrrole nitrogens is 1. The van der Waals surface area contributed by atoms with E-state index in [1.54, 1.807) is 6.92 Å². The van der Waals surface area contributed by atoms with E-state index < -0.39 is 6.10 Å². The zero-order valence-electron chi connectivity index (χ0n) is 9.36. The van der Waals surface area contributed by atoms with Gasteiger partial charge in [0.15, 0.2) is 0 Å². The molecule has 1 aliphatic carbocycles. The van der Waals surface area contributed by atoms with Crippen LogP contribution in [0, 0.1) is 6.92 Å². The first-order chi connectivity index (χ1) is 7.68. The lowest BCUT2D eigenvalue weighted by molar-refractivity contribution is 0.0717. The second kappa shape index (κ2) is 4.65. The molecule has 1 aromatic heterocycles. The molecule has 2 rings (SSSR count). The lowest BCUT2D eigenvalue weighted by Crippen LogP contribution is -2.45. The first-order valence-corrected chi connectivity index (χ1v) is 5.67. The van der Waals surface area contributed by atoms with Crippen molar-refractivity contribution in [1.82, 2.24) is 15.5 Å². The molecule has 0 aromatic carbocycles. The summed E-state index contributed by atoms with van der Waals surface area (Å²) in [6.45, 7) is 1.80. The quantitative estimate of drug-likeness (QED) is 0.692. The van der Waals surface area contributed by atoms with Gasteiger partial charge < -0.3 is 10.4 Å². The van der Waals surface area contributed by atoms with Gasteiger partial charge in [0.05, 0.1) is 23.9 Å². The molecule has 1 saturated carbocycles. The molecule has 0 saturated heterocycles. The number of aliphatic hydroxyl groups excluding tert-OH is 1. The number of aliphatic hydroxyl groups is 1. The van der Waals surface area contributed by atoms with E-state index in [0.717, 1.165) is 31.4 Å². The van der Waals surface area contributed by atoms with Crippen LogP contribution in [0.2, 0.25) is 0 Å². The molecule has 0 unspecified atom stereocenters. The number of aromatic amines is 1. The highest BCUT2D eigenvalue weighted by molar-refractivity contribution is 5.95. The number of rotatable bonds is 2. The summed E-state index contributed by atoms with van der Waals surface area (Å²) in [5, 5.41) is 19.1. The summed E-state index contributed by atoms with van der Waals surface area (Å²) in [7, 11) is 0. The number of hydrogen-bond donors (Lipinski definition) is 3. The lowest BCUT2D eigenvalue weighted by Gasteiger charge is -2.28. The van der Waals surface area contributed by atoms with Crippen molar-refractivity contribution >= 4 is 5.91 Å². The predicted molar refractivity (Wildman–Crippen MR) is 59.1 cm³/mol. The number of nitrogens with zero attached hydrogens (tertiary/aromatic N) is 1. The van der Waals surface area contributed by atoms with E-state index in [1.165, 1.54) is 6.20 Å². The molecule has 1 aromatic rings. The Hall–Kier alpha value is -1.36. The third-order valence-corrected chi connectivity index (χ3v) is 3.12. The topological polar surface area (TPSA) is 78.0 Å². The van der Waals surface area contributed by atoms with E-state index >= 15 is 0 Å². The van der Waals surface area contributed by atoms with Crippen LogP contribution >= 0.6 is 0 Å². The summed E-state index contributed by atoms with van der Waals surface area (Å²) in [6.07, 6.45) is 4.83. The van der Waals surface area contributed by atoms with E-state index in [1.807, 2.05) is 0 Å². The Morgan fingerprint density at radius 1 is 1.56 bits per heavy atom. The second-order valence-electron chi connectivity index (χ2n) is 4.34. The minimum absolute atomic E-state index is 0.115. The predicted octanol–water partition coefficient (Wildman–Crippen LogP) is 0.751. The van der Waals surface area contributed by atoms with Crippen LogP contribution in [0.1, 0.15) is 41.7 Å². The summed E-state index contributed by atoms with van der Waals surface area (Å²) in [4.78, 5) is 11.9. The van der Waals surface area contributed by atoms with Crippen molar-refractivity contribution in [2.45, 2.75) is 44.8 Å². The zero-order chi connectivity index (χ0) is 11.5. The molecular formula is C11H17N3O2. The maximum absolute atomic E-state index is 11.9. The standard InChI is InChI=1S/C11H17N3O2/c1-7-8(6-12-14-7)11(16)13-9-4-2-3-5-10(9)15/h6,9-10,15H,2-5H2,1H3,(H,12,14)(H,13,16)/t9-,10-/m1/s1. The van der Waals surface area contributed by atoms with Gasteiger partial charge in [0, 0.05) is 5.69 Å². The van der Waals surface area contributed by atoms with Crippen molar-refractivity contribution in [3.05, 3.63) is 17.5 Å². The highest BCUT2D eigenvalue weighted by Gasteiger charge is 2.25. The van der Waals surface area contributed by atoms with Gasteiger partial charge in [0.1, 0.15) is 0 Å². The van der Waals surface area contributed by atoms with Gasteiger partial charge in [-0.3, -0.25) is 9.89 Å².